The fourth-order valence-corrected chi connectivity index (χ4v) is 0.848. The maximum Gasteiger partial charge on any atom is 0.427 e. The maximum absolute atomic E-state index is 10.3. The van der Waals surface area contributed by atoms with Crippen LogP contribution in [-0.4, -0.2) is 65.7 Å². The zero-order chi connectivity index (χ0) is 20.6. The molecule has 0 rings (SSSR count). The number of ether oxygens (including phenoxy) is 6. The van der Waals surface area contributed by atoms with Crippen molar-refractivity contribution in [1.82, 2.24) is 10.9 Å². The van der Waals surface area contributed by atoms with Crippen LogP contribution in [0.2, 0.25) is 0 Å². The lowest BCUT2D eigenvalue weighted by Crippen LogP contribution is -2.29. The third-order valence-corrected chi connectivity index (χ3v) is 1.85. The molecule has 0 fully saturated rings. The van der Waals surface area contributed by atoms with Crippen LogP contribution in [0.5, 0.6) is 0 Å². The molecule has 0 bridgehead atoms. The second-order valence-corrected chi connectivity index (χ2v) is 3.58. The standard InChI is InChI=1S/C7H16O3.C5H10N2O3.C2H6N2O2/c1-4-8-7(9-5-2)10-6-3;1-3-10-4-6-7-5(8)9-2;1-6-2(5)4-3/h7H,4-6H2,1-3H3;4H,3H2,1-2H3,(H,7,8);3H2,1H3,(H,4,5). The first-order valence-electron chi connectivity index (χ1n) is 7.83. The number of nitrogens with zero attached hydrogens (tertiary/aromatic N) is 1. The number of carbonyl (C=O) groups excluding carboxylic acids is 2. The van der Waals surface area contributed by atoms with Crippen LogP contribution in [0.4, 0.5) is 9.59 Å². The number of carbonyl (C=O) groups is 2. The Labute approximate surface area is 154 Å². The summed E-state index contributed by atoms with van der Waals surface area (Å²) in [7, 11) is 2.49. The van der Waals surface area contributed by atoms with E-state index in [2.05, 4.69) is 30.6 Å². The first-order valence-corrected chi connectivity index (χ1v) is 7.83. The van der Waals surface area contributed by atoms with E-state index in [4.69, 9.17) is 14.2 Å². The van der Waals surface area contributed by atoms with Crippen molar-refractivity contribution in [1.29, 1.82) is 0 Å². The lowest BCUT2D eigenvalue weighted by Gasteiger charge is -2.15. The second kappa shape index (κ2) is 25.1. The molecule has 0 saturated carbocycles. The van der Waals surface area contributed by atoms with E-state index in [1.165, 1.54) is 14.2 Å². The summed E-state index contributed by atoms with van der Waals surface area (Å²) in [5.41, 5.74) is 3.80. The molecular weight excluding hydrogens is 352 g/mol. The minimum Gasteiger partial charge on any atom is -0.482 e. The number of nitrogens with two attached hydrogens (primary N) is 1. The van der Waals surface area contributed by atoms with Gasteiger partial charge in [-0.15, -0.1) is 5.10 Å². The van der Waals surface area contributed by atoms with E-state index in [0.29, 0.717) is 26.4 Å². The number of amides is 2. The van der Waals surface area contributed by atoms with Gasteiger partial charge in [0.05, 0.1) is 20.8 Å². The molecule has 0 aliphatic heterocycles. The molecular formula is C14H32N4O8. The third kappa shape index (κ3) is 26.7. The monoisotopic (exact) mass is 384 g/mol. The van der Waals surface area contributed by atoms with Gasteiger partial charge in [0.25, 0.3) is 6.48 Å². The number of methoxy groups -OCH3 is 2. The Morgan fingerprint density at radius 1 is 0.923 bits per heavy atom. The van der Waals surface area contributed by atoms with Gasteiger partial charge in [-0.05, 0) is 27.7 Å². The maximum atomic E-state index is 10.3. The summed E-state index contributed by atoms with van der Waals surface area (Å²) in [5.74, 6) is 4.56. The molecule has 4 N–H and O–H groups in total. The van der Waals surface area contributed by atoms with Gasteiger partial charge < -0.3 is 28.4 Å². The van der Waals surface area contributed by atoms with E-state index in [1.54, 1.807) is 5.43 Å². The van der Waals surface area contributed by atoms with Gasteiger partial charge >= 0.3 is 12.2 Å². The van der Waals surface area contributed by atoms with Crippen molar-refractivity contribution >= 4 is 18.6 Å². The smallest absolute Gasteiger partial charge is 0.427 e. The Hall–Kier alpha value is -2.15. The molecule has 12 heteroatoms. The van der Waals surface area contributed by atoms with Gasteiger partial charge in [-0.2, -0.15) is 0 Å². The SMILES string of the molecule is CCOC(OCC)OCC.CCOC=NNC(=O)OC.COC(=O)NN. The van der Waals surface area contributed by atoms with Gasteiger partial charge in [0.2, 0.25) is 0 Å². The van der Waals surface area contributed by atoms with Gasteiger partial charge in [-0.3, -0.25) is 5.43 Å². The van der Waals surface area contributed by atoms with Crippen LogP contribution in [0, 0.1) is 0 Å². The number of rotatable bonds is 9. The summed E-state index contributed by atoms with van der Waals surface area (Å²) < 4.78 is 28.1. The van der Waals surface area contributed by atoms with Gasteiger partial charge in [-0.25, -0.2) is 20.9 Å². The summed E-state index contributed by atoms with van der Waals surface area (Å²) in [5, 5.41) is 3.36. The molecule has 0 saturated heterocycles. The van der Waals surface area contributed by atoms with Crippen LogP contribution in [0.3, 0.4) is 0 Å². The molecule has 0 spiro atoms. The molecule has 0 aliphatic rings. The van der Waals surface area contributed by atoms with Crippen molar-refractivity contribution in [3.8, 4) is 0 Å². The Morgan fingerprint density at radius 3 is 1.65 bits per heavy atom. The fourth-order valence-electron chi connectivity index (χ4n) is 0.848. The van der Waals surface area contributed by atoms with Crippen molar-refractivity contribution in [2.24, 2.45) is 10.9 Å². The summed E-state index contributed by atoms with van der Waals surface area (Å²) in [4.78, 5) is 20.0. The lowest BCUT2D eigenvalue weighted by atomic mass is 10.8. The molecule has 0 radical (unpaired) electrons. The number of hydrogen-bond acceptors (Lipinski definition) is 10. The summed E-state index contributed by atoms with van der Waals surface area (Å²) in [6.07, 6.45) is -0.109. The highest BCUT2D eigenvalue weighted by Crippen LogP contribution is 1.96. The van der Waals surface area contributed by atoms with Crippen molar-refractivity contribution in [3.63, 3.8) is 0 Å². The topological polar surface area (TPSA) is 152 Å². The molecule has 0 aromatic heterocycles. The molecule has 0 aromatic carbocycles. The highest BCUT2D eigenvalue weighted by molar-refractivity contribution is 5.67. The van der Waals surface area contributed by atoms with Gasteiger partial charge in [-0.1, -0.05) is 0 Å². The van der Waals surface area contributed by atoms with E-state index < -0.39 is 18.7 Å². The van der Waals surface area contributed by atoms with Gasteiger partial charge in [0.1, 0.15) is 0 Å². The van der Waals surface area contributed by atoms with E-state index in [-0.39, 0.29) is 0 Å². The Kier molecular flexibility index (Phi) is 27.6. The Bertz CT molecular complexity index is 325. The number of hydrazone groups is 1. The molecule has 2 amide bonds. The van der Waals surface area contributed by atoms with Crippen molar-refractivity contribution < 1.29 is 38.0 Å². The average Bonchev–Trinajstić information content (AvgIpc) is 2.66. The van der Waals surface area contributed by atoms with Crippen molar-refractivity contribution in [2.45, 2.75) is 34.2 Å². The van der Waals surface area contributed by atoms with Crippen LogP contribution < -0.4 is 16.7 Å². The van der Waals surface area contributed by atoms with Gasteiger partial charge in [0.15, 0.2) is 6.40 Å². The molecule has 0 heterocycles. The normalized spacial score (nSPS) is 9.38. The number of nitrogens with one attached hydrogen (secondary N) is 2. The fraction of sp³-hybridized carbons (Fsp3) is 0.786. The van der Waals surface area contributed by atoms with E-state index >= 15 is 0 Å². The average molecular weight is 384 g/mol. The van der Waals surface area contributed by atoms with Crippen LogP contribution in [0.15, 0.2) is 5.10 Å². The number of hydrogen-bond donors (Lipinski definition) is 3. The van der Waals surface area contributed by atoms with Crippen molar-refractivity contribution in [3.05, 3.63) is 0 Å². The molecule has 0 unspecified atom stereocenters. The van der Waals surface area contributed by atoms with Crippen LogP contribution in [-0.2, 0) is 28.4 Å². The highest BCUT2D eigenvalue weighted by atomic mass is 16.8. The Balaban J connectivity index is -0.000000316. The summed E-state index contributed by atoms with van der Waals surface area (Å²) >= 11 is 0. The molecule has 26 heavy (non-hydrogen) atoms. The van der Waals surface area contributed by atoms with E-state index in [9.17, 15) is 9.59 Å². The van der Waals surface area contributed by atoms with Crippen LogP contribution >= 0.6 is 0 Å². The number of hydrazine groups is 1. The minimum atomic E-state index is -0.630. The molecule has 0 aliphatic carbocycles. The lowest BCUT2D eigenvalue weighted by molar-refractivity contribution is -0.282. The van der Waals surface area contributed by atoms with Crippen LogP contribution in [0.1, 0.15) is 27.7 Å². The van der Waals surface area contributed by atoms with Crippen LogP contribution in [0.25, 0.3) is 0 Å². The summed E-state index contributed by atoms with van der Waals surface area (Å²) in [6.45, 7) is 9.43. The zero-order valence-corrected chi connectivity index (χ0v) is 16.3. The minimum absolute atomic E-state index is 0.472. The molecule has 0 atom stereocenters. The summed E-state index contributed by atoms with van der Waals surface area (Å²) in [6, 6.07) is 0. The quantitative estimate of drug-likeness (QED) is 0.131. The molecule has 12 nitrogen and oxygen atoms in total. The predicted octanol–water partition coefficient (Wildman–Crippen LogP) is 0.918. The van der Waals surface area contributed by atoms with Crippen molar-refractivity contribution in [2.75, 3.05) is 40.6 Å². The molecule has 156 valence electrons. The first-order chi connectivity index (χ1) is 12.5. The zero-order valence-electron chi connectivity index (χ0n) is 16.3. The predicted molar refractivity (Wildman–Crippen MR) is 94.1 cm³/mol. The second-order valence-electron chi connectivity index (χ2n) is 3.58. The molecule has 0 aromatic rings. The van der Waals surface area contributed by atoms with E-state index in [0.717, 1.165) is 6.40 Å². The highest BCUT2D eigenvalue weighted by Gasteiger charge is 2.04. The largest absolute Gasteiger partial charge is 0.482 e. The Morgan fingerprint density at radius 2 is 1.38 bits per heavy atom. The van der Waals surface area contributed by atoms with E-state index in [1.807, 2.05) is 27.7 Å². The third-order valence-electron chi connectivity index (χ3n) is 1.85. The van der Waals surface area contributed by atoms with Gasteiger partial charge in [0, 0.05) is 19.8 Å². The first kappa shape index (κ1) is 28.6.